The van der Waals surface area contributed by atoms with Gasteiger partial charge in [0.2, 0.25) is 5.95 Å². The molecule has 0 spiro atoms. The average molecular weight is 525 g/mol. The van der Waals surface area contributed by atoms with Crippen molar-refractivity contribution in [3.8, 4) is 28.1 Å². The van der Waals surface area contributed by atoms with Gasteiger partial charge in [-0.05, 0) is 76.0 Å². The smallest absolute Gasteiger partial charge is 0.245 e. The zero-order chi connectivity index (χ0) is 25.9. The highest BCUT2D eigenvalue weighted by Crippen LogP contribution is 2.47. The van der Waals surface area contributed by atoms with Gasteiger partial charge in [0, 0.05) is 28.2 Å². The van der Waals surface area contributed by atoms with Crippen LogP contribution in [0.4, 0.5) is 14.7 Å². The van der Waals surface area contributed by atoms with E-state index in [4.69, 9.17) is 0 Å². The molecular weight excluding hydrogens is 494 g/mol. The molecule has 3 aliphatic rings. The molecule has 2 saturated heterocycles. The molecule has 1 aliphatic carbocycles. The van der Waals surface area contributed by atoms with Gasteiger partial charge >= 0.3 is 0 Å². The van der Waals surface area contributed by atoms with Gasteiger partial charge in [0.25, 0.3) is 0 Å². The van der Waals surface area contributed by atoms with E-state index in [0.29, 0.717) is 39.8 Å². The lowest BCUT2D eigenvalue weighted by molar-refractivity contribution is 0.0828. The Morgan fingerprint density at radius 2 is 1.89 bits per heavy atom. The Hall–Kier alpha value is -2.85. The summed E-state index contributed by atoms with van der Waals surface area (Å²) < 4.78 is 30.2. The van der Waals surface area contributed by atoms with Crippen LogP contribution in [-0.4, -0.2) is 60.9 Å². The maximum Gasteiger partial charge on any atom is 0.245 e. The van der Waals surface area contributed by atoms with Gasteiger partial charge in [-0.3, -0.25) is 0 Å². The summed E-state index contributed by atoms with van der Waals surface area (Å²) in [6.45, 7) is 4.16. The number of phenols is 1. The van der Waals surface area contributed by atoms with Gasteiger partial charge in [-0.2, -0.15) is 0 Å². The molecule has 0 unspecified atom stereocenters. The van der Waals surface area contributed by atoms with Gasteiger partial charge in [-0.1, -0.05) is 6.07 Å². The van der Waals surface area contributed by atoms with Crippen molar-refractivity contribution in [2.75, 3.05) is 11.2 Å². The quantitative estimate of drug-likeness (QED) is 0.429. The van der Waals surface area contributed by atoms with Crippen LogP contribution in [0.25, 0.3) is 22.4 Å². The molecule has 7 nitrogen and oxygen atoms in total. The van der Waals surface area contributed by atoms with Gasteiger partial charge < -0.3 is 15.3 Å². The highest BCUT2D eigenvalue weighted by molar-refractivity contribution is 7.98. The Morgan fingerprint density at radius 3 is 2.57 bits per heavy atom. The van der Waals surface area contributed by atoms with E-state index in [2.05, 4.69) is 32.4 Å². The fourth-order valence-corrected chi connectivity index (χ4v) is 6.45. The molecule has 4 heterocycles. The number of hydrogen-bond donors (Lipinski definition) is 2. The van der Waals surface area contributed by atoms with Crippen molar-refractivity contribution in [1.29, 1.82) is 0 Å². The predicted molar refractivity (Wildman–Crippen MR) is 140 cm³/mol. The van der Waals surface area contributed by atoms with Gasteiger partial charge in [0.1, 0.15) is 23.4 Å². The largest absolute Gasteiger partial charge is 0.507 e. The second-order valence-electron chi connectivity index (χ2n) is 11.0. The minimum atomic E-state index is -1.04. The Labute approximate surface area is 219 Å². The van der Waals surface area contributed by atoms with Crippen LogP contribution >= 0.6 is 11.8 Å². The summed E-state index contributed by atoms with van der Waals surface area (Å²) in [5.74, 6) is -0.0926. The normalized spacial score (nSPS) is 28.9. The Kier molecular flexibility index (Phi) is 5.87. The molecular formula is C27H30F2N6OS. The zero-order valence-electron chi connectivity index (χ0n) is 21.1. The van der Waals surface area contributed by atoms with E-state index < -0.39 is 17.5 Å². The summed E-state index contributed by atoms with van der Waals surface area (Å²) in [5.41, 5.74) is 1.09. The first-order valence-corrected chi connectivity index (χ1v) is 13.9. The molecule has 0 radical (unpaired) electrons. The fourth-order valence-electron chi connectivity index (χ4n) is 6.05. The lowest BCUT2D eigenvalue weighted by Crippen LogP contribution is -2.66. The van der Waals surface area contributed by atoms with Crippen LogP contribution in [0.2, 0.25) is 0 Å². The monoisotopic (exact) mass is 524 g/mol. The number of nitrogens with zero attached hydrogens (tertiary/aromatic N) is 5. The second kappa shape index (κ2) is 8.87. The molecule has 3 fully saturated rings. The molecule has 2 N–H and O–H groups in total. The van der Waals surface area contributed by atoms with Crippen molar-refractivity contribution < 1.29 is 13.9 Å². The third kappa shape index (κ3) is 4.33. The molecule has 37 heavy (non-hydrogen) atoms. The molecule has 194 valence electrons. The van der Waals surface area contributed by atoms with Gasteiger partial charge in [-0.25, -0.2) is 18.7 Å². The minimum absolute atomic E-state index is 0.0538. The highest BCUT2D eigenvalue weighted by atomic mass is 32.2. The van der Waals surface area contributed by atoms with Crippen molar-refractivity contribution >= 4 is 17.7 Å². The van der Waals surface area contributed by atoms with Crippen LogP contribution in [0, 0.1) is 5.82 Å². The van der Waals surface area contributed by atoms with Gasteiger partial charge in [-0.15, -0.1) is 22.0 Å². The summed E-state index contributed by atoms with van der Waals surface area (Å²) in [4.78, 5) is 10.7. The first-order chi connectivity index (χ1) is 17.7. The third-order valence-electron chi connectivity index (χ3n) is 8.09. The van der Waals surface area contributed by atoms with E-state index in [0.717, 1.165) is 25.7 Å². The number of piperidine rings is 1. The zero-order valence-corrected chi connectivity index (χ0v) is 21.9. The number of nitrogens with one attached hydrogen (secondary N) is 1. The van der Waals surface area contributed by atoms with E-state index >= 15 is 4.39 Å². The van der Waals surface area contributed by atoms with Crippen LogP contribution in [0.1, 0.15) is 46.0 Å². The van der Waals surface area contributed by atoms with Crippen molar-refractivity contribution in [3.63, 3.8) is 0 Å². The SMILES string of the molecule is CSc1cc(-c2ccc(-c3cnc(N(C4CC4)[C@@H]4C[C@@]5(C)CC[C@](C)(N5)[C@@H]4F)nn3)c(O)c2)c(F)cn1. The molecule has 2 bridgehead atoms. The van der Waals surface area contributed by atoms with Crippen LogP contribution in [-0.2, 0) is 0 Å². The third-order valence-corrected chi connectivity index (χ3v) is 8.73. The van der Waals surface area contributed by atoms with E-state index in [1.54, 1.807) is 24.4 Å². The summed E-state index contributed by atoms with van der Waals surface area (Å²) in [6.07, 6.45) is 8.01. The first kappa shape index (κ1) is 24.5. The molecule has 2 aromatic heterocycles. The molecule has 2 aliphatic heterocycles. The molecule has 10 heteroatoms. The summed E-state index contributed by atoms with van der Waals surface area (Å²) in [6, 6.07) is 6.47. The number of fused-ring (bicyclic) bond motifs is 2. The molecule has 1 saturated carbocycles. The van der Waals surface area contributed by atoms with Crippen LogP contribution < -0.4 is 10.2 Å². The van der Waals surface area contributed by atoms with E-state index in [1.165, 1.54) is 24.0 Å². The number of aromatic nitrogens is 4. The molecule has 3 aromatic rings. The van der Waals surface area contributed by atoms with Crippen LogP contribution in [0.5, 0.6) is 5.75 Å². The summed E-state index contributed by atoms with van der Waals surface area (Å²) >= 11 is 1.42. The number of hydrogen-bond acceptors (Lipinski definition) is 8. The molecule has 0 amide bonds. The highest BCUT2D eigenvalue weighted by Gasteiger charge is 2.58. The van der Waals surface area contributed by atoms with E-state index in [-0.39, 0.29) is 23.4 Å². The lowest BCUT2D eigenvalue weighted by atomic mass is 9.82. The van der Waals surface area contributed by atoms with E-state index in [1.807, 2.05) is 18.1 Å². The number of halogens is 2. The maximum absolute atomic E-state index is 15.8. The van der Waals surface area contributed by atoms with Crippen molar-refractivity contribution in [2.45, 2.75) is 80.3 Å². The Balaban J connectivity index is 1.28. The topological polar surface area (TPSA) is 87.1 Å². The molecule has 1 aromatic carbocycles. The summed E-state index contributed by atoms with van der Waals surface area (Å²) in [7, 11) is 0. The van der Waals surface area contributed by atoms with E-state index in [9.17, 15) is 9.50 Å². The minimum Gasteiger partial charge on any atom is -0.507 e. The van der Waals surface area contributed by atoms with Crippen molar-refractivity contribution in [2.24, 2.45) is 0 Å². The number of phenolic OH excluding ortho intramolecular Hbond substituents is 1. The van der Waals surface area contributed by atoms with Gasteiger partial charge in [0.05, 0.1) is 23.5 Å². The maximum atomic E-state index is 15.8. The lowest BCUT2D eigenvalue weighted by Gasteiger charge is -2.48. The van der Waals surface area contributed by atoms with Crippen LogP contribution in [0.3, 0.4) is 0 Å². The number of thioether (sulfide) groups is 1. The predicted octanol–water partition coefficient (Wildman–Crippen LogP) is 5.15. The second-order valence-corrected chi connectivity index (χ2v) is 11.8. The van der Waals surface area contributed by atoms with Crippen molar-refractivity contribution in [1.82, 2.24) is 25.5 Å². The van der Waals surface area contributed by atoms with Crippen molar-refractivity contribution in [3.05, 3.63) is 42.5 Å². The standard InChI is InChI=1S/C27H30F2N6OS/c1-26-8-9-27(2,34-26)24(29)21(12-26)35(16-5-6-16)25-31-14-20(32-33-25)17-7-4-15(10-22(17)36)18-11-23(37-3)30-13-19(18)28/h4,7,10-11,13-14,16,21,24,34,36H,5-6,8-9,12H2,1-3H3/t21-,24-,26-,27+/m1/s1. The molecule has 4 atom stereocenters. The summed E-state index contributed by atoms with van der Waals surface area (Å²) in [5, 5.41) is 23.7. The number of alkyl halides is 1. The number of benzene rings is 1. The van der Waals surface area contributed by atoms with Crippen LogP contribution in [0.15, 0.2) is 41.7 Å². The first-order valence-electron chi connectivity index (χ1n) is 12.6. The fraction of sp³-hybridized carbons (Fsp3) is 0.481. The number of anilines is 1. The Bertz CT molecular complexity index is 1340. The number of aromatic hydroxyl groups is 1. The number of rotatable bonds is 6. The average Bonchev–Trinajstić information content (AvgIpc) is 3.68. The number of pyridine rings is 1. The Morgan fingerprint density at radius 1 is 1.08 bits per heavy atom. The van der Waals surface area contributed by atoms with Gasteiger partial charge in [0.15, 0.2) is 0 Å². The molecule has 6 rings (SSSR count).